The smallest absolute Gasteiger partial charge is 0.266 e. The summed E-state index contributed by atoms with van der Waals surface area (Å²) in [4.78, 5) is 28.0. The molecule has 9 nitrogen and oxygen atoms in total. The molecule has 0 aliphatic carbocycles. The van der Waals surface area contributed by atoms with Crippen molar-refractivity contribution in [3.05, 3.63) is 63.4 Å². The average molecular weight is 423 g/mol. The Morgan fingerprint density at radius 2 is 2.11 bits per heavy atom. The van der Waals surface area contributed by atoms with Gasteiger partial charge in [0, 0.05) is 17.6 Å². The number of benzene rings is 1. The van der Waals surface area contributed by atoms with Gasteiger partial charge in [0.1, 0.15) is 18.4 Å². The number of nitrogens with one attached hydrogen (secondary N) is 1. The molecule has 3 rings (SSSR count). The summed E-state index contributed by atoms with van der Waals surface area (Å²) in [6.07, 6.45) is 2.05. The first-order chi connectivity index (χ1) is 13.4. The van der Waals surface area contributed by atoms with Crippen LogP contribution >= 0.6 is 23.2 Å². The summed E-state index contributed by atoms with van der Waals surface area (Å²) >= 11 is 11.9. The normalized spacial score (nSPS) is 11.8. The number of ether oxygens (including phenoxy) is 1. The lowest BCUT2D eigenvalue weighted by atomic mass is 10.3. The third kappa shape index (κ3) is 4.87. The molecule has 3 aromatic rings. The second kappa shape index (κ2) is 8.85. The maximum absolute atomic E-state index is 12.2. The molecule has 1 atom stereocenters. The monoisotopic (exact) mass is 422 g/mol. The standard InChI is InChI=1S/C17H16Cl2N6O3/c1-11(28-14-3-2-12(18)8-13(14)19)17(27)21-6-7-24-16(26)5-4-15(23-24)25-10-20-9-22-25/h2-5,8-11H,6-7H2,1H3,(H,21,27). The third-order valence-electron chi connectivity index (χ3n) is 3.70. The number of carbonyl (C=O) groups is 1. The summed E-state index contributed by atoms with van der Waals surface area (Å²) in [6, 6.07) is 7.66. The lowest BCUT2D eigenvalue weighted by molar-refractivity contribution is -0.127. The topological polar surface area (TPSA) is 104 Å². The predicted molar refractivity (Wildman–Crippen MR) is 103 cm³/mol. The van der Waals surface area contributed by atoms with Crippen molar-refractivity contribution in [1.82, 2.24) is 29.9 Å². The Labute approximate surface area is 169 Å². The van der Waals surface area contributed by atoms with Gasteiger partial charge >= 0.3 is 0 Å². The Hall–Kier alpha value is -2.91. The van der Waals surface area contributed by atoms with Crippen molar-refractivity contribution in [2.75, 3.05) is 6.54 Å². The quantitative estimate of drug-likeness (QED) is 0.621. The molecule has 28 heavy (non-hydrogen) atoms. The zero-order valence-electron chi connectivity index (χ0n) is 14.7. The van der Waals surface area contributed by atoms with E-state index in [-0.39, 0.29) is 24.6 Å². The zero-order valence-corrected chi connectivity index (χ0v) is 16.3. The number of halogens is 2. The fraction of sp³-hybridized carbons (Fsp3) is 0.235. The number of amides is 1. The maximum atomic E-state index is 12.2. The van der Waals surface area contributed by atoms with Gasteiger partial charge in [-0.05, 0) is 31.2 Å². The van der Waals surface area contributed by atoms with Gasteiger partial charge in [-0.3, -0.25) is 9.59 Å². The van der Waals surface area contributed by atoms with Crippen LogP contribution in [0.15, 0.2) is 47.8 Å². The number of rotatable bonds is 7. The number of carbonyl (C=O) groups excluding carboxylic acids is 1. The number of hydrogen-bond acceptors (Lipinski definition) is 6. The lowest BCUT2D eigenvalue weighted by Crippen LogP contribution is -2.39. The summed E-state index contributed by atoms with van der Waals surface area (Å²) in [5, 5.41) is 11.6. The van der Waals surface area contributed by atoms with Gasteiger partial charge < -0.3 is 10.1 Å². The Kier molecular flexibility index (Phi) is 6.27. The van der Waals surface area contributed by atoms with E-state index < -0.39 is 6.10 Å². The highest BCUT2D eigenvalue weighted by Crippen LogP contribution is 2.28. The molecule has 1 N–H and O–H groups in total. The highest BCUT2D eigenvalue weighted by atomic mass is 35.5. The van der Waals surface area contributed by atoms with Gasteiger partial charge in [-0.15, -0.1) is 5.10 Å². The minimum atomic E-state index is -0.787. The molecule has 0 spiro atoms. The van der Waals surface area contributed by atoms with E-state index in [0.717, 1.165) is 0 Å². The van der Waals surface area contributed by atoms with E-state index in [4.69, 9.17) is 27.9 Å². The van der Waals surface area contributed by atoms with Gasteiger partial charge in [-0.25, -0.2) is 14.3 Å². The molecule has 1 amide bonds. The molecule has 2 heterocycles. The molecule has 11 heteroatoms. The van der Waals surface area contributed by atoms with E-state index >= 15 is 0 Å². The zero-order chi connectivity index (χ0) is 20.1. The fourth-order valence-electron chi connectivity index (χ4n) is 2.29. The fourth-order valence-corrected chi connectivity index (χ4v) is 2.74. The van der Waals surface area contributed by atoms with Gasteiger partial charge in [0.25, 0.3) is 11.5 Å². The van der Waals surface area contributed by atoms with Crippen LogP contribution in [0.1, 0.15) is 6.92 Å². The number of hydrogen-bond donors (Lipinski definition) is 1. The summed E-state index contributed by atoms with van der Waals surface area (Å²) in [6.45, 7) is 1.96. The number of nitrogens with zero attached hydrogens (tertiary/aromatic N) is 5. The molecule has 0 aliphatic rings. The van der Waals surface area contributed by atoms with Gasteiger partial charge in [0.15, 0.2) is 11.9 Å². The van der Waals surface area contributed by atoms with Gasteiger partial charge in [-0.2, -0.15) is 5.10 Å². The van der Waals surface area contributed by atoms with Crippen molar-refractivity contribution in [2.24, 2.45) is 0 Å². The van der Waals surface area contributed by atoms with Crippen LogP contribution in [-0.4, -0.2) is 43.1 Å². The van der Waals surface area contributed by atoms with E-state index in [0.29, 0.717) is 21.6 Å². The summed E-state index contributed by atoms with van der Waals surface area (Å²) in [5.41, 5.74) is -0.296. The Morgan fingerprint density at radius 3 is 2.82 bits per heavy atom. The first-order valence-electron chi connectivity index (χ1n) is 8.26. The summed E-state index contributed by atoms with van der Waals surface area (Å²) < 4.78 is 8.22. The molecule has 1 aromatic carbocycles. The van der Waals surface area contributed by atoms with Gasteiger partial charge in [0.05, 0.1) is 11.6 Å². The van der Waals surface area contributed by atoms with Crippen LogP contribution in [0.5, 0.6) is 5.75 Å². The Morgan fingerprint density at radius 1 is 1.29 bits per heavy atom. The Bertz CT molecular complexity index is 1020. The van der Waals surface area contributed by atoms with Crippen molar-refractivity contribution in [3.8, 4) is 11.6 Å². The van der Waals surface area contributed by atoms with E-state index in [1.807, 2.05) is 0 Å². The van der Waals surface area contributed by atoms with E-state index in [9.17, 15) is 9.59 Å². The molecular weight excluding hydrogens is 407 g/mol. The summed E-state index contributed by atoms with van der Waals surface area (Å²) in [5.74, 6) is 0.441. The maximum Gasteiger partial charge on any atom is 0.266 e. The van der Waals surface area contributed by atoms with Crippen molar-refractivity contribution < 1.29 is 9.53 Å². The Balaban J connectivity index is 1.56. The first-order valence-corrected chi connectivity index (χ1v) is 9.02. The van der Waals surface area contributed by atoms with Crippen molar-refractivity contribution >= 4 is 29.1 Å². The molecule has 0 radical (unpaired) electrons. The molecule has 2 aromatic heterocycles. The largest absolute Gasteiger partial charge is 0.479 e. The van der Waals surface area contributed by atoms with Crippen molar-refractivity contribution in [3.63, 3.8) is 0 Å². The average Bonchev–Trinajstić information content (AvgIpc) is 3.20. The highest BCUT2D eigenvalue weighted by molar-refractivity contribution is 6.35. The molecule has 0 aliphatic heterocycles. The van der Waals surface area contributed by atoms with E-state index in [1.54, 1.807) is 19.1 Å². The lowest BCUT2D eigenvalue weighted by Gasteiger charge is -2.16. The molecule has 1 unspecified atom stereocenters. The van der Waals surface area contributed by atoms with Crippen LogP contribution in [-0.2, 0) is 11.3 Å². The van der Waals surface area contributed by atoms with Crippen LogP contribution in [0.3, 0.4) is 0 Å². The second-order valence-electron chi connectivity index (χ2n) is 5.72. The van der Waals surface area contributed by atoms with E-state index in [1.165, 1.54) is 40.2 Å². The molecule has 0 bridgehead atoms. The highest BCUT2D eigenvalue weighted by Gasteiger charge is 2.16. The van der Waals surface area contributed by atoms with Gasteiger partial charge in [0.2, 0.25) is 0 Å². The van der Waals surface area contributed by atoms with Crippen LogP contribution in [0.2, 0.25) is 10.0 Å². The second-order valence-corrected chi connectivity index (χ2v) is 6.56. The van der Waals surface area contributed by atoms with E-state index in [2.05, 4.69) is 20.5 Å². The van der Waals surface area contributed by atoms with Crippen molar-refractivity contribution in [2.45, 2.75) is 19.6 Å². The molecule has 146 valence electrons. The first kappa shape index (κ1) is 19.8. The van der Waals surface area contributed by atoms with Crippen LogP contribution in [0.25, 0.3) is 5.82 Å². The predicted octanol–water partition coefficient (Wildman–Crippen LogP) is 1.71. The van der Waals surface area contributed by atoms with Crippen LogP contribution in [0, 0.1) is 0 Å². The third-order valence-corrected chi connectivity index (χ3v) is 4.23. The molecule has 0 fully saturated rings. The SMILES string of the molecule is CC(Oc1ccc(Cl)cc1Cl)C(=O)NCCn1nc(-n2cncn2)ccc1=O. The minimum Gasteiger partial charge on any atom is -0.479 e. The van der Waals surface area contributed by atoms with Crippen LogP contribution < -0.4 is 15.6 Å². The molecule has 0 saturated carbocycles. The minimum absolute atomic E-state index is 0.182. The summed E-state index contributed by atoms with van der Waals surface area (Å²) in [7, 11) is 0. The van der Waals surface area contributed by atoms with Gasteiger partial charge in [-0.1, -0.05) is 23.2 Å². The molecular formula is C17H16Cl2N6O3. The van der Waals surface area contributed by atoms with Crippen molar-refractivity contribution in [1.29, 1.82) is 0 Å². The number of aromatic nitrogens is 5. The van der Waals surface area contributed by atoms with Crippen LogP contribution in [0.4, 0.5) is 0 Å². The molecule has 0 saturated heterocycles.